The summed E-state index contributed by atoms with van der Waals surface area (Å²) in [4.78, 5) is -0.599. The van der Waals surface area contributed by atoms with E-state index >= 15 is 0 Å². The van der Waals surface area contributed by atoms with Crippen molar-refractivity contribution >= 4 is 20.2 Å². The molecule has 0 aromatic heterocycles. The molecule has 0 aliphatic heterocycles. The topological polar surface area (TPSA) is 124 Å². The molecule has 2 aromatic carbocycles. The Morgan fingerprint density at radius 1 is 0.512 bits per heavy atom. The summed E-state index contributed by atoms with van der Waals surface area (Å²) in [5.74, 6) is 0.852. The monoisotopic (exact) mass is 654 g/mol. The Labute approximate surface area is 305 Å². The van der Waals surface area contributed by atoms with Gasteiger partial charge in [0.05, 0.1) is 9.79 Å². The van der Waals surface area contributed by atoms with E-state index in [2.05, 4.69) is 13.8 Å². The fraction of sp³-hybridized carbons (Fsp3) is 0.625. The SMILES string of the molecule is CCCCCCCCCCc1cc(S(=O)(=O)[O-])ccc1Oc1ccc(S(=O)(=O)[O-])cc1CCCCCCCCCC.[Na+].[Na+]. The van der Waals surface area contributed by atoms with E-state index in [1.807, 2.05) is 0 Å². The van der Waals surface area contributed by atoms with Crippen LogP contribution < -0.4 is 63.9 Å². The minimum atomic E-state index is -4.63. The molecular weight excluding hydrogens is 606 g/mol. The number of ether oxygens (including phenoxy) is 1. The third-order valence-corrected chi connectivity index (χ3v) is 9.12. The van der Waals surface area contributed by atoms with Gasteiger partial charge in [0, 0.05) is 0 Å². The van der Waals surface area contributed by atoms with Crippen molar-refractivity contribution in [3.63, 3.8) is 0 Å². The first kappa shape index (κ1) is 43.1. The van der Waals surface area contributed by atoms with E-state index < -0.39 is 20.2 Å². The maximum atomic E-state index is 11.7. The summed E-state index contributed by atoms with van der Waals surface area (Å²) in [5, 5.41) is 0. The summed E-state index contributed by atoms with van der Waals surface area (Å²) >= 11 is 0. The fourth-order valence-electron chi connectivity index (χ4n) is 5.03. The number of aryl methyl sites for hydroxylation is 2. The van der Waals surface area contributed by atoms with Crippen LogP contribution in [-0.4, -0.2) is 25.9 Å². The second-order valence-electron chi connectivity index (χ2n) is 11.0. The number of unbranched alkanes of at least 4 members (excludes halogenated alkanes) is 14. The Morgan fingerprint density at radius 3 is 1.12 bits per heavy atom. The van der Waals surface area contributed by atoms with Crippen LogP contribution in [0.5, 0.6) is 11.5 Å². The molecule has 0 heterocycles. The van der Waals surface area contributed by atoms with Crippen molar-refractivity contribution in [2.45, 2.75) is 139 Å². The largest absolute Gasteiger partial charge is 1.00 e. The first-order valence-electron chi connectivity index (χ1n) is 15.4. The van der Waals surface area contributed by atoms with Gasteiger partial charge in [0.2, 0.25) is 0 Å². The van der Waals surface area contributed by atoms with Crippen LogP contribution in [0.4, 0.5) is 0 Å². The van der Waals surface area contributed by atoms with Crippen molar-refractivity contribution in [1.82, 2.24) is 0 Å². The third kappa shape index (κ3) is 17.5. The molecule has 0 aliphatic carbocycles. The van der Waals surface area contributed by atoms with Crippen LogP contribution in [0.1, 0.15) is 128 Å². The number of rotatable bonds is 22. The Bertz CT molecular complexity index is 1170. The molecule has 2 aromatic rings. The summed E-state index contributed by atoms with van der Waals surface area (Å²) in [5.41, 5.74) is 1.23. The quantitative estimate of drug-likeness (QED) is 0.109. The summed E-state index contributed by atoms with van der Waals surface area (Å²) in [6.07, 6.45) is 19.0. The van der Waals surface area contributed by atoms with Gasteiger partial charge in [-0.1, -0.05) is 104 Å². The molecule has 0 aliphatic rings. The molecule has 0 saturated carbocycles. The molecule has 0 saturated heterocycles. The van der Waals surface area contributed by atoms with E-state index in [-0.39, 0.29) is 68.9 Å². The van der Waals surface area contributed by atoms with Gasteiger partial charge in [-0.05, 0) is 73.2 Å². The van der Waals surface area contributed by atoms with Crippen LogP contribution >= 0.6 is 0 Å². The Hall–Kier alpha value is 0.0600. The molecule has 0 spiro atoms. The van der Waals surface area contributed by atoms with Gasteiger partial charge in [-0.25, -0.2) is 16.8 Å². The fourth-order valence-corrected chi connectivity index (χ4v) is 6.07. The number of hydrogen-bond donors (Lipinski definition) is 0. The van der Waals surface area contributed by atoms with E-state index in [1.54, 1.807) is 0 Å². The zero-order valence-electron chi connectivity index (χ0n) is 26.9. The van der Waals surface area contributed by atoms with Crippen molar-refractivity contribution in [2.24, 2.45) is 0 Å². The zero-order chi connectivity index (χ0) is 30.1. The van der Waals surface area contributed by atoms with Gasteiger partial charge in [-0.2, -0.15) is 0 Å². The Kier molecular flexibility index (Phi) is 23.4. The van der Waals surface area contributed by atoms with E-state index in [4.69, 9.17) is 4.74 Å². The molecule has 7 nitrogen and oxygen atoms in total. The van der Waals surface area contributed by atoms with Crippen molar-refractivity contribution < 1.29 is 89.8 Å². The summed E-state index contributed by atoms with van der Waals surface area (Å²) in [7, 11) is -9.25. The van der Waals surface area contributed by atoms with E-state index in [0.717, 1.165) is 51.4 Å². The maximum Gasteiger partial charge on any atom is 1.00 e. The van der Waals surface area contributed by atoms with Crippen molar-refractivity contribution in [1.29, 1.82) is 0 Å². The van der Waals surface area contributed by atoms with E-state index in [0.29, 0.717) is 35.5 Å². The average molecular weight is 655 g/mol. The van der Waals surface area contributed by atoms with E-state index in [9.17, 15) is 25.9 Å². The second kappa shape index (κ2) is 23.4. The second-order valence-corrected chi connectivity index (χ2v) is 13.8. The van der Waals surface area contributed by atoms with Crippen molar-refractivity contribution in [2.75, 3.05) is 0 Å². The number of hydrogen-bond acceptors (Lipinski definition) is 7. The van der Waals surface area contributed by atoms with Gasteiger partial charge in [-0.3, -0.25) is 0 Å². The van der Waals surface area contributed by atoms with Crippen LogP contribution in [0, 0.1) is 0 Å². The van der Waals surface area contributed by atoms with Crippen LogP contribution in [0.3, 0.4) is 0 Å². The first-order valence-corrected chi connectivity index (χ1v) is 18.2. The molecule has 0 unspecified atom stereocenters. The third-order valence-electron chi connectivity index (χ3n) is 7.46. The summed E-state index contributed by atoms with van der Waals surface area (Å²) in [6.45, 7) is 4.38. The molecule has 43 heavy (non-hydrogen) atoms. The Morgan fingerprint density at radius 2 is 0.814 bits per heavy atom. The first-order chi connectivity index (χ1) is 19.6. The van der Waals surface area contributed by atoms with E-state index in [1.165, 1.54) is 87.8 Å². The van der Waals surface area contributed by atoms with Gasteiger partial charge in [0.15, 0.2) is 0 Å². The normalized spacial score (nSPS) is 11.5. The number of benzene rings is 2. The minimum Gasteiger partial charge on any atom is -0.744 e. The molecular formula is C32H48Na2O7S2. The molecule has 11 heteroatoms. The summed E-state index contributed by atoms with van der Waals surface area (Å²) < 4.78 is 76.5. The molecule has 0 atom stereocenters. The van der Waals surface area contributed by atoms with Crippen LogP contribution in [0.15, 0.2) is 46.2 Å². The zero-order valence-corrected chi connectivity index (χ0v) is 32.5. The predicted octanol–water partition coefficient (Wildman–Crippen LogP) is 2.66. The van der Waals surface area contributed by atoms with Crippen molar-refractivity contribution in [3.05, 3.63) is 47.5 Å². The van der Waals surface area contributed by atoms with Crippen LogP contribution in [0.2, 0.25) is 0 Å². The minimum absolute atomic E-state index is 0. The molecule has 232 valence electrons. The predicted molar refractivity (Wildman–Crippen MR) is 162 cm³/mol. The smallest absolute Gasteiger partial charge is 0.744 e. The summed E-state index contributed by atoms with van der Waals surface area (Å²) in [6, 6.07) is 8.22. The standard InChI is InChI=1S/C32H50O7S2.2Na/c1-3-5-7-9-11-13-15-17-19-27-25-29(40(33,34)35)21-23-31(27)39-32-24-22-30(41(36,37)38)26-28(32)20-18-16-14-12-10-8-6-4-2;;/h21-26H,3-20H2,1-2H3,(H,33,34,35)(H,36,37,38);;/q;2*+1/p-2. The molecule has 0 fully saturated rings. The van der Waals surface area contributed by atoms with Gasteiger partial charge >= 0.3 is 59.1 Å². The molecule has 0 bridgehead atoms. The Balaban J connectivity index is 0.00000882. The van der Waals surface area contributed by atoms with Crippen LogP contribution in [0.25, 0.3) is 0 Å². The van der Waals surface area contributed by atoms with Gasteiger partial charge < -0.3 is 13.8 Å². The average Bonchev–Trinajstić information content (AvgIpc) is 2.92. The van der Waals surface area contributed by atoms with Gasteiger partial charge in [-0.15, -0.1) is 0 Å². The molecule has 0 radical (unpaired) electrons. The molecule has 2 rings (SSSR count). The van der Waals surface area contributed by atoms with Gasteiger partial charge in [0.25, 0.3) is 0 Å². The maximum absolute atomic E-state index is 11.7. The molecule has 0 N–H and O–H groups in total. The van der Waals surface area contributed by atoms with Crippen molar-refractivity contribution in [3.8, 4) is 11.5 Å². The molecule has 0 amide bonds. The van der Waals surface area contributed by atoms with Gasteiger partial charge in [0.1, 0.15) is 31.7 Å². The van der Waals surface area contributed by atoms with Crippen LogP contribution in [-0.2, 0) is 33.1 Å².